The summed E-state index contributed by atoms with van der Waals surface area (Å²) in [5, 5.41) is 0. The Morgan fingerprint density at radius 2 is 2.05 bits per heavy atom. The Labute approximate surface area is 133 Å². The van der Waals surface area contributed by atoms with Gasteiger partial charge in [-0.25, -0.2) is 4.98 Å². The Hall–Kier alpha value is -0.540. The van der Waals surface area contributed by atoms with Gasteiger partial charge >= 0.3 is 0 Å². The van der Waals surface area contributed by atoms with Crippen LogP contribution in [0.4, 0.5) is 0 Å². The second-order valence-electron chi connectivity index (χ2n) is 5.88. The molecule has 0 aliphatic heterocycles. The molecule has 1 fully saturated rings. The number of rotatable bonds is 3. The van der Waals surface area contributed by atoms with Crippen LogP contribution in [-0.4, -0.2) is 15.4 Å². The van der Waals surface area contributed by atoms with Crippen LogP contribution in [0.5, 0.6) is 0 Å². The number of benzene rings is 1. The van der Waals surface area contributed by atoms with Gasteiger partial charge < -0.3 is 4.57 Å². The van der Waals surface area contributed by atoms with Gasteiger partial charge in [-0.3, -0.25) is 0 Å². The summed E-state index contributed by atoms with van der Waals surface area (Å²) in [6, 6.07) is 6.94. The van der Waals surface area contributed by atoms with Crippen molar-refractivity contribution < 1.29 is 0 Å². The summed E-state index contributed by atoms with van der Waals surface area (Å²) in [5.74, 6) is 2.64. The van der Waals surface area contributed by atoms with Crippen molar-refractivity contribution in [1.29, 1.82) is 0 Å². The summed E-state index contributed by atoms with van der Waals surface area (Å²) in [6.45, 7) is 2.36. The van der Waals surface area contributed by atoms with Gasteiger partial charge in [0.25, 0.3) is 0 Å². The van der Waals surface area contributed by atoms with Crippen molar-refractivity contribution >= 4 is 38.6 Å². The molecule has 1 aromatic carbocycles. The number of nitrogens with zero attached hydrogens (tertiary/aromatic N) is 2. The van der Waals surface area contributed by atoms with Crippen molar-refractivity contribution in [3.8, 4) is 0 Å². The van der Waals surface area contributed by atoms with Crippen LogP contribution in [0.15, 0.2) is 22.7 Å². The molecule has 3 rings (SSSR count). The third-order valence-corrected chi connectivity index (χ3v) is 5.08. The van der Waals surface area contributed by atoms with Crippen molar-refractivity contribution in [2.24, 2.45) is 5.92 Å². The van der Waals surface area contributed by atoms with Crippen LogP contribution in [0.25, 0.3) is 11.0 Å². The Morgan fingerprint density at radius 1 is 1.30 bits per heavy atom. The third kappa shape index (κ3) is 2.75. The normalized spacial score (nSPS) is 23.4. The standard InChI is InChI=1S/C16H20BrClN2/c1-11-2-5-13(6-3-11)20-15-10-12(17)4-7-14(15)19-16(20)8-9-18/h4,7,10-11,13H,2-3,5-6,8-9H2,1H3. The van der Waals surface area contributed by atoms with E-state index in [9.17, 15) is 0 Å². The zero-order chi connectivity index (χ0) is 14.1. The predicted molar refractivity (Wildman–Crippen MR) is 88.5 cm³/mol. The van der Waals surface area contributed by atoms with Crippen LogP contribution in [0.2, 0.25) is 0 Å². The summed E-state index contributed by atoms with van der Waals surface area (Å²) < 4.78 is 3.57. The molecule has 1 aliphatic rings. The number of aromatic nitrogens is 2. The fraction of sp³-hybridized carbons (Fsp3) is 0.562. The minimum Gasteiger partial charge on any atom is -0.325 e. The number of halogens is 2. The minimum absolute atomic E-state index is 0.587. The number of fused-ring (bicyclic) bond motifs is 1. The SMILES string of the molecule is CC1CCC(n2c(CCCl)nc3ccc(Br)cc32)CC1. The van der Waals surface area contributed by atoms with Gasteiger partial charge in [0.05, 0.1) is 11.0 Å². The van der Waals surface area contributed by atoms with Crippen molar-refractivity contribution in [1.82, 2.24) is 9.55 Å². The van der Waals surface area contributed by atoms with Crippen LogP contribution >= 0.6 is 27.5 Å². The van der Waals surface area contributed by atoms with E-state index in [0.29, 0.717) is 11.9 Å². The number of alkyl halides is 1. The first-order valence-electron chi connectivity index (χ1n) is 7.41. The highest BCUT2D eigenvalue weighted by atomic mass is 79.9. The lowest BCUT2D eigenvalue weighted by atomic mass is 9.87. The first-order chi connectivity index (χ1) is 9.69. The smallest absolute Gasteiger partial charge is 0.111 e. The highest BCUT2D eigenvalue weighted by Gasteiger charge is 2.23. The largest absolute Gasteiger partial charge is 0.325 e. The first-order valence-corrected chi connectivity index (χ1v) is 8.74. The molecule has 2 nitrogen and oxygen atoms in total. The fourth-order valence-electron chi connectivity index (χ4n) is 3.29. The molecule has 0 atom stereocenters. The summed E-state index contributed by atoms with van der Waals surface area (Å²) in [7, 11) is 0. The molecule has 1 aliphatic carbocycles. The van der Waals surface area contributed by atoms with E-state index in [4.69, 9.17) is 16.6 Å². The van der Waals surface area contributed by atoms with Crippen molar-refractivity contribution in [3.63, 3.8) is 0 Å². The first kappa shape index (κ1) is 14.4. The van der Waals surface area contributed by atoms with Gasteiger partial charge in [0.2, 0.25) is 0 Å². The van der Waals surface area contributed by atoms with Crippen LogP contribution in [-0.2, 0) is 6.42 Å². The second-order valence-corrected chi connectivity index (χ2v) is 7.18. The van der Waals surface area contributed by atoms with Crippen LogP contribution in [0, 0.1) is 5.92 Å². The van der Waals surface area contributed by atoms with Crippen molar-refractivity contribution in [2.45, 2.75) is 45.1 Å². The molecule has 1 aromatic heterocycles. The van der Waals surface area contributed by atoms with E-state index in [-0.39, 0.29) is 0 Å². The number of hydrogen-bond acceptors (Lipinski definition) is 1. The van der Waals surface area contributed by atoms with Gasteiger partial charge in [0.1, 0.15) is 5.82 Å². The van der Waals surface area contributed by atoms with E-state index < -0.39 is 0 Å². The summed E-state index contributed by atoms with van der Waals surface area (Å²) in [4.78, 5) is 4.80. The maximum Gasteiger partial charge on any atom is 0.111 e. The zero-order valence-corrected chi connectivity index (χ0v) is 14.1. The van der Waals surface area contributed by atoms with E-state index in [1.807, 2.05) is 0 Å². The molecule has 0 N–H and O–H groups in total. The van der Waals surface area contributed by atoms with Gasteiger partial charge in [-0.1, -0.05) is 22.9 Å². The molecule has 0 unspecified atom stereocenters. The second kappa shape index (κ2) is 6.07. The average molecular weight is 356 g/mol. The zero-order valence-electron chi connectivity index (χ0n) is 11.8. The monoisotopic (exact) mass is 354 g/mol. The molecular formula is C16H20BrClN2. The Kier molecular flexibility index (Phi) is 4.37. The molecule has 108 valence electrons. The fourth-order valence-corrected chi connectivity index (χ4v) is 3.80. The summed E-state index contributed by atoms with van der Waals surface area (Å²) in [5.41, 5.74) is 2.34. The number of hydrogen-bond donors (Lipinski definition) is 0. The molecule has 0 spiro atoms. The summed E-state index contributed by atoms with van der Waals surface area (Å²) in [6.07, 6.45) is 6.00. The number of aryl methyl sites for hydroxylation is 1. The molecule has 4 heteroatoms. The van der Waals surface area contributed by atoms with E-state index in [0.717, 1.165) is 28.2 Å². The maximum absolute atomic E-state index is 5.97. The van der Waals surface area contributed by atoms with Crippen LogP contribution in [0.3, 0.4) is 0 Å². The maximum atomic E-state index is 5.97. The van der Waals surface area contributed by atoms with E-state index in [1.165, 1.54) is 31.2 Å². The van der Waals surface area contributed by atoms with Crippen LogP contribution < -0.4 is 0 Å². The lowest BCUT2D eigenvalue weighted by molar-refractivity contribution is 0.290. The predicted octanol–water partition coefficient (Wildman–Crippen LogP) is 5.33. The molecule has 0 radical (unpaired) electrons. The summed E-state index contributed by atoms with van der Waals surface area (Å²) >= 11 is 9.55. The molecule has 0 amide bonds. The van der Waals surface area contributed by atoms with Crippen LogP contribution in [0.1, 0.15) is 44.5 Å². The molecule has 1 heterocycles. The van der Waals surface area contributed by atoms with E-state index in [2.05, 4.69) is 45.6 Å². The van der Waals surface area contributed by atoms with Gasteiger partial charge in [-0.2, -0.15) is 0 Å². The highest BCUT2D eigenvalue weighted by molar-refractivity contribution is 9.10. The average Bonchev–Trinajstić information content (AvgIpc) is 2.78. The molecule has 1 saturated carbocycles. The quantitative estimate of drug-likeness (QED) is 0.680. The molecule has 2 aromatic rings. The topological polar surface area (TPSA) is 17.8 Å². The molecule has 0 saturated heterocycles. The third-order valence-electron chi connectivity index (χ3n) is 4.39. The van der Waals surface area contributed by atoms with Crippen molar-refractivity contribution in [2.75, 3.05) is 5.88 Å². The van der Waals surface area contributed by atoms with E-state index in [1.54, 1.807) is 0 Å². The van der Waals surface area contributed by atoms with E-state index >= 15 is 0 Å². The molecule has 0 bridgehead atoms. The molecular weight excluding hydrogens is 336 g/mol. The van der Waals surface area contributed by atoms with Gasteiger partial charge in [-0.15, -0.1) is 11.6 Å². The Bertz CT molecular complexity index is 600. The Balaban J connectivity index is 2.05. The van der Waals surface area contributed by atoms with Gasteiger partial charge in [0, 0.05) is 22.8 Å². The Morgan fingerprint density at radius 3 is 2.75 bits per heavy atom. The highest BCUT2D eigenvalue weighted by Crippen LogP contribution is 2.35. The minimum atomic E-state index is 0.587. The van der Waals surface area contributed by atoms with Gasteiger partial charge in [0.15, 0.2) is 0 Å². The van der Waals surface area contributed by atoms with Crippen molar-refractivity contribution in [3.05, 3.63) is 28.5 Å². The van der Waals surface area contributed by atoms with Gasteiger partial charge in [-0.05, 0) is 49.8 Å². The lowest BCUT2D eigenvalue weighted by Gasteiger charge is -2.29. The molecule has 20 heavy (non-hydrogen) atoms. The number of imidazole rings is 1. The lowest BCUT2D eigenvalue weighted by Crippen LogP contribution is -2.19.